The average Bonchev–Trinajstić information content (AvgIpc) is 2.65. The van der Waals surface area contributed by atoms with Gasteiger partial charge in [0.1, 0.15) is 0 Å². The van der Waals surface area contributed by atoms with Gasteiger partial charge in [-0.3, -0.25) is 4.79 Å². The first-order valence-corrected chi connectivity index (χ1v) is 9.50. The van der Waals surface area contributed by atoms with Crippen molar-refractivity contribution in [1.29, 1.82) is 0 Å². The average molecular weight is 468 g/mol. The quantitative estimate of drug-likeness (QED) is 0.474. The fourth-order valence-electron chi connectivity index (χ4n) is 2.58. The van der Waals surface area contributed by atoms with Gasteiger partial charge in [-0.15, -0.1) is 0 Å². The minimum atomic E-state index is -0.0988. The maximum Gasteiger partial charge on any atom is 0.252 e. The number of carbonyl (C=O) groups excluding carboxylic acids is 1. The monoisotopic (exact) mass is 468 g/mol. The second-order valence-electron chi connectivity index (χ2n) is 6.11. The van der Waals surface area contributed by atoms with Crippen molar-refractivity contribution < 1.29 is 14.3 Å². The van der Waals surface area contributed by atoms with Gasteiger partial charge in [-0.2, -0.15) is 0 Å². The lowest BCUT2D eigenvalue weighted by Crippen LogP contribution is -2.25. The summed E-state index contributed by atoms with van der Waals surface area (Å²) in [6.07, 6.45) is 1.81. The van der Waals surface area contributed by atoms with Crippen LogP contribution in [-0.4, -0.2) is 40.8 Å². The molecule has 2 rings (SSSR count). The SMILES string of the molecule is COc1cc(I)c(C(=O)NCCCc2ccc(N(C)C)cc2)cc1OC. The number of nitrogens with zero attached hydrogens (tertiary/aromatic N) is 1. The summed E-state index contributed by atoms with van der Waals surface area (Å²) in [5.41, 5.74) is 3.05. The van der Waals surface area contributed by atoms with Gasteiger partial charge in [0, 0.05) is 29.9 Å². The van der Waals surface area contributed by atoms with Crippen molar-refractivity contribution >= 4 is 34.2 Å². The molecule has 0 unspecified atom stereocenters. The Labute approximate surface area is 168 Å². The van der Waals surface area contributed by atoms with E-state index in [9.17, 15) is 4.79 Å². The third kappa shape index (κ3) is 5.27. The van der Waals surface area contributed by atoms with Gasteiger partial charge in [0.05, 0.1) is 19.8 Å². The first kappa shape index (κ1) is 20.4. The van der Waals surface area contributed by atoms with Crippen molar-refractivity contribution in [2.24, 2.45) is 0 Å². The highest BCUT2D eigenvalue weighted by Crippen LogP contribution is 2.31. The van der Waals surface area contributed by atoms with Crippen LogP contribution in [-0.2, 0) is 6.42 Å². The molecule has 6 heteroatoms. The number of rotatable bonds is 8. The van der Waals surface area contributed by atoms with E-state index in [-0.39, 0.29) is 5.91 Å². The molecule has 0 bridgehead atoms. The van der Waals surface area contributed by atoms with Gasteiger partial charge in [0.2, 0.25) is 0 Å². The normalized spacial score (nSPS) is 10.3. The van der Waals surface area contributed by atoms with E-state index in [1.807, 2.05) is 14.1 Å². The summed E-state index contributed by atoms with van der Waals surface area (Å²) in [4.78, 5) is 14.5. The zero-order valence-corrected chi connectivity index (χ0v) is 17.8. The smallest absolute Gasteiger partial charge is 0.252 e. The van der Waals surface area contributed by atoms with Gasteiger partial charge in [-0.1, -0.05) is 12.1 Å². The number of nitrogens with one attached hydrogen (secondary N) is 1. The molecule has 0 saturated carbocycles. The molecule has 0 radical (unpaired) electrons. The van der Waals surface area contributed by atoms with Crippen LogP contribution in [0.1, 0.15) is 22.3 Å². The van der Waals surface area contributed by atoms with Crippen LogP contribution in [0.25, 0.3) is 0 Å². The molecule has 0 aromatic heterocycles. The number of benzene rings is 2. The zero-order chi connectivity index (χ0) is 19.1. The van der Waals surface area contributed by atoms with Gasteiger partial charge in [-0.05, 0) is 65.3 Å². The van der Waals surface area contributed by atoms with Crippen LogP contribution in [0.5, 0.6) is 11.5 Å². The molecule has 0 aliphatic carbocycles. The van der Waals surface area contributed by atoms with Crippen LogP contribution < -0.4 is 19.7 Å². The Hall–Kier alpha value is -1.96. The van der Waals surface area contributed by atoms with E-state index < -0.39 is 0 Å². The van der Waals surface area contributed by atoms with E-state index in [2.05, 4.69) is 57.1 Å². The van der Waals surface area contributed by atoms with Gasteiger partial charge in [0.15, 0.2) is 11.5 Å². The van der Waals surface area contributed by atoms with E-state index in [0.717, 1.165) is 16.4 Å². The van der Waals surface area contributed by atoms with Gasteiger partial charge in [-0.25, -0.2) is 0 Å². The summed E-state index contributed by atoms with van der Waals surface area (Å²) in [6, 6.07) is 12.0. The standard InChI is InChI=1S/C20H25IN2O3/c1-23(2)15-9-7-14(8-10-15)6-5-11-22-20(24)16-12-18(25-3)19(26-4)13-17(16)21/h7-10,12-13H,5-6,11H2,1-4H3,(H,22,24). The number of anilines is 1. The molecule has 140 valence electrons. The van der Waals surface area contributed by atoms with Crippen LogP contribution in [0.3, 0.4) is 0 Å². The molecule has 2 aromatic rings. The highest BCUT2D eigenvalue weighted by Gasteiger charge is 2.15. The zero-order valence-electron chi connectivity index (χ0n) is 15.6. The number of carbonyl (C=O) groups is 1. The van der Waals surface area contributed by atoms with Crippen molar-refractivity contribution in [2.45, 2.75) is 12.8 Å². The number of methoxy groups -OCH3 is 2. The van der Waals surface area contributed by atoms with Gasteiger partial charge in [0.25, 0.3) is 5.91 Å². The van der Waals surface area contributed by atoms with Crippen LogP contribution in [0.4, 0.5) is 5.69 Å². The van der Waals surface area contributed by atoms with E-state index in [0.29, 0.717) is 23.6 Å². The molecule has 1 N–H and O–H groups in total. The van der Waals surface area contributed by atoms with E-state index in [1.165, 1.54) is 11.3 Å². The Morgan fingerprint density at radius 1 is 1.08 bits per heavy atom. The topological polar surface area (TPSA) is 50.8 Å². The molecule has 2 aromatic carbocycles. The van der Waals surface area contributed by atoms with E-state index in [4.69, 9.17) is 9.47 Å². The highest BCUT2D eigenvalue weighted by molar-refractivity contribution is 14.1. The van der Waals surface area contributed by atoms with Crippen molar-refractivity contribution in [2.75, 3.05) is 39.8 Å². The molecule has 1 amide bonds. The third-order valence-corrected chi connectivity index (χ3v) is 4.99. The molecule has 0 aliphatic rings. The first-order valence-electron chi connectivity index (χ1n) is 8.42. The van der Waals surface area contributed by atoms with Crippen LogP contribution in [0, 0.1) is 3.57 Å². The Kier molecular flexibility index (Phi) is 7.56. The number of aryl methyl sites for hydroxylation is 1. The Morgan fingerprint density at radius 2 is 1.69 bits per heavy atom. The fraction of sp³-hybridized carbons (Fsp3) is 0.350. The molecular formula is C20H25IN2O3. The summed E-state index contributed by atoms with van der Waals surface area (Å²) in [5, 5.41) is 2.98. The Morgan fingerprint density at radius 3 is 2.27 bits per heavy atom. The lowest BCUT2D eigenvalue weighted by atomic mass is 10.1. The fourth-order valence-corrected chi connectivity index (χ4v) is 3.26. The molecular weight excluding hydrogens is 443 g/mol. The summed E-state index contributed by atoms with van der Waals surface area (Å²) in [6.45, 7) is 0.624. The number of halogens is 1. The summed E-state index contributed by atoms with van der Waals surface area (Å²) < 4.78 is 11.4. The minimum absolute atomic E-state index is 0.0988. The lowest BCUT2D eigenvalue weighted by Gasteiger charge is -2.13. The maximum absolute atomic E-state index is 12.4. The highest BCUT2D eigenvalue weighted by atomic mass is 127. The largest absolute Gasteiger partial charge is 0.493 e. The Balaban J connectivity index is 1.89. The Bertz CT molecular complexity index is 745. The maximum atomic E-state index is 12.4. The number of ether oxygens (including phenoxy) is 2. The second-order valence-corrected chi connectivity index (χ2v) is 7.27. The van der Waals surface area contributed by atoms with E-state index >= 15 is 0 Å². The molecule has 0 heterocycles. The number of amides is 1. The molecule has 0 spiro atoms. The second kappa shape index (κ2) is 9.66. The van der Waals surface area contributed by atoms with Crippen LogP contribution in [0.2, 0.25) is 0 Å². The van der Waals surface area contributed by atoms with Crippen molar-refractivity contribution in [3.8, 4) is 11.5 Å². The number of hydrogen-bond acceptors (Lipinski definition) is 4. The minimum Gasteiger partial charge on any atom is -0.493 e. The van der Waals surface area contributed by atoms with Crippen molar-refractivity contribution in [1.82, 2.24) is 5.32 Å². The van der Waals surface area contributed by atoms with Gasteiger partial charge < -0.3 is 19.7 Å². The molecule has 0 atom stereocenters. The third-order valence-electron chi connectivity index (χ3n) is 4.10. The summed E-state index contributed by atoms with van der Waals surface area (Å²) >= 11 is 2.14. The van der Waals surface area contributed by atoms with Crippen molar-refractivity contribution in [3.05, 3.63) is 51.1 Å². The summed E-state index contributed by atoms with van der Waals surface area (Å²) in [7, 11) is 7.20. The number of hydrogen-bond donors (Lipinski definition) is 1. The molecule has 0 aliphatic heterocycles. The molecule has 0 saturated heterocycles. The van der Waals surface area contributed by atoms with E-state index in [1.54, 1.807) is 26.4 Å². The van der Waals surface area contributed by atoms with Crippen LogP contribution >= 0.6 is 22.6 Å². The lowest BCUT2D eigenvalue weighted by molar-refractivity contribution is 0.0952. The predicted molar refractivity (Wildman–Crippen MR) is 114 cm³/mol. The predicted octanol–water partition coefficient (Wildman–Crippen LogP) is 3.74. The van der Waals surface area contributed by atoms with Crippen LogP contribution in [0.15, 0.2) is 36.4 Å². The first-order chi connectivity index (χ1) is 12.5. The van der Waals surface area contributed by atoms with Crippen molar-refractivity contribution in [3.63, 3.8) is 0 Å². The summed E-state index contributed by atoms with van der Waals surface area (Å²) in [5.74, 6) is 1.08. The molecule has 0 fully saturated rings. The molecule has 5 nitrogen and oxygen atoms in total. The van der Waals surface area contributed by atoms with Gasteiger partial charge >= 0.3 is 0 Å². The molecule has 26 heavy (non-hydrogen) atoms.